The van der Waals surface area contributed by atoms with Crippen molar-refractivity contribution >= 4 is 24.1 Å². The molecule has 0 spiro atoms. The fourth-order valence-electron chi connectivity index (χ4n) is 3.21. The van der Waals surface area contributed by atoms with E-state index in [9.17, 15) is 9.59 Å². The fraction of sp³-hybridized carbons (Fsp3) is 0.115. The third-order valence-electron chi connectivity index (χ3n) is 4.83. The van der Waals surface area contributed by atoms with Crippen LogP contribution < -0.4 is 25.0 Å². The first-order chi connectivity index (χ1) is 16.6. The molecular formula is C26H23N3O5. The Balaban J connectivity index is 1.56. The minimum Gasteiger partial charge on any atom is -0.493 e. The molecule has 0 aromatic heterocycles. The van der Waals surface area contributed by atoms with Crippen LogP contribution in [0.3, 0.4) is 0 Å². The molecule has 0 bridgehead atoms. The van der Waals surface area contributed by atoms with Crippen molar-refractivity contribution < 1.29 is 23.8 Å². The van der Waals surface area contributed by atoms with Crippen molar-refractivity contribution in [3.8, 4) is 17.2 Å². The van der Waals surface area contributed by atoms with Gasteiger partial charge in [0.1, 0.15) is 11.4 Å². The van der Waals surface area contributed by atoms with Crippen molar-refractivity contribution in [3.63, 3.8) is 0 Å². The molecule has 4 rings (SSSR count). The highest BCUT2D eigenvalue weighted by atomic mass is 16.7. The number of rotatable bonds is 8. The summed E-state index contributed by atoms with van der Waals surface area (Å²) in [6.45, 7) is 2.53. The van der Waals surface area contributed by atoms with Gasteiger partial charge in [-0.15, -0.1) is 0 Å². The van der Waals surface area contributed by atoms with E-state index in [4.69, 9.17) is 14.2 Å². The van der Waals surface area contributed by atoms with Crippen LogP contribution in [0.15, 0.2) is 83.6 Å². The smallest absolute Gasteiger partial charge is 0.287 e. The third-order valence-corrected chi connectivity index (χ3v) is 4.83. The lowest BCUT2D eigenvalue weighted by Gasteiger charge is -2.10. The van der Waals surface area contributed by atoms with Crippen molar-refractivity contribution in [2.45, 2.75) is 6.92 Å². The Bertz CT molecular complexity index is 1240. The third kappa shape index (κ3) is 5.60. The van der Waals surface area contributed by atoms with Crippen molar-refractivity contribution in [2.24, 2.45) is 5.10 Å². The lowest BCUT2D eigenvalue weighted by molar-refractivity contribution is -0.117. The number of hydrazone groups is 1. The van der Waals surface area contributed by atoms with Crippen LogP contribution in [-0.4, -0.2) is 31.4 Å². The SMILES string of the molecule is CCOc1ccccc1C=NNC(=O)C(=Cc1ccc2c(c1)OCO2)NC(=O)c1ccccc1. The summed E-state index contributed by atoms with van der Waals surface area (Å²) in [5, 5.41) is 6.71. The number of hydrogen-bond acceptors (Lipinski definition) is 6. The summed E-state index contributed by atoms with van der Waals surface area (Å²) in [5.41, 5.74) is 4.25. The van der Waals surface area contributed by atoms with Crippen molar-refractivity contribution in [3.05, 3.63) is 95.2 Å². The highest BCUT2D eigenvalue weighted by molar-refractivity contribution is 6.05. The van der Waals surface area contributed by atoms with E-state index >= 15 is 0 Å². The van der Waals surface area contributed by atoms with Gasteiger partial charge in [-0.25, -0.2) is 5.43 Å². The number of hydrogen-bond donors (Lipinski definition) is 2. The van der Waals surface area contributed by atoms with E-state index in [1.54, 1.807) is 48.5 Å². The first kappa shape index (κ1) is 22.6. The Morgan fingerprint density at radius 1 is 1.00 bits per heavy atom. The maximum absolute atomic E-state index is 13.0. The zero-order chi connectivity index (χ0) is 23.8. The van der Waals surface area contributed by atoms with E-state index in [2.05, 4.69) is 15.8 Å². The van der Waals surface area contributed by atoms with E-state index in [-0.39, 0.29) is 12.5 Å². The molecule has 1 aliphatic heterocycles. The zero-order valence-electron chi connectivity index (χ0n) is 18.5. The molecule has 8 heteroatoms. The van der Waals surface area contributed by atoms with E-state index in [0.717, 1.165) is 0 Å². The Kier molecular flexibility index (Phi) is 7.19. The quantitative estimate of drug-likeness (QED) is 0.305. The normalized spacial score (nSPS) is 12.4. The van der Waals surface area contributed by atoms with Crippen LogP contribution in [0.1, 0.15) is 28.4 Å². The number of nitrogens with zero attached hydrogens (tertiary/aromatic N) is 1. The van der Waals surface area contributed by atoms with Gasteiger partial charge in [0.2, 0.25) is 6.79 Å². The lowest BCUT2D eigenvalue weighted by atomic mass is 10.1. The van der Waals surface area contributed by atoms with Gasteiger partial charge in [0.25, 0.3) is 11.8 Å². The first-order valence-corrected chi connectivity index (χ1v) is 10.7. The lowest BCUT2D eigenvalue weighted by Crippen LogP contribution is -2.32. The number of carbonyl (C=O) groups excluding carboxylic acids is 2. The van der Waals surface area contributed by atoms with Crippen LogP contribution in [0.5, 0.6) is 17.2 Å². The molecule has 0 fully saturated rings. The molecule has 0 saturated heterocycles. The van der Waals surface area contributed by atoms with Crippen LogP contribution in [0.2, 0.25) is 0 Å². The molecule has 0 aliphatic carbocycles. The first-order valence-electron chi connectivity index (χ1n) is 10.7. The molecule has 0 unspecified atom stereocenters. The van der Waals surface area contributed by atoms with Crippen molar-refractivity contribution in [1.82, 2.24) is 10.7 Å². The van der Waals surface area contributed by atoms with Gasteiger partial charge in [-0.05, 0) is 55.0 Å². The number of ether oxygens (including phenoxy) is 3. The van der Waals surface area contributed by atoms with Gasteiger partial charge < -0.3 is 19.5 Å². The van der Waals surface area contributed by atoms with Gasteiger partial charge in [-0.3, -0.25) is 9.59 Å². The van der Waals surface area contributed by atoms with Crippen molar-refractivity contribution in [1.29, 1.82) is 0 Å². The van der Waals surface area contributed by atoms with E-state index in [0.29, 0.717) is 40.5 Å². The number of para-hydroxylation sites is 1. The molecule has 172 valence electrons. The number of benzene rings is 3. The predicted octanol–water partition coefficient (Wildman–Crippen LogP) is 3.74. The summed E-state index contributed by atoms with van der Waals surface area (Å²) in [5.74, 6) is 0.819. The molecule has 34 heavy (non-hydrogen) atoms. The van der Waals surface area contributed by atoms with Crippen LogP contribution in [0.4, 0.5) is 0 Å². The number of nitrogens with one attached hydrogen (secondary N) is 2. The summed E-state index contributed by atoms with van der Waals surface area (Å²) in [4.78, 5) is 25.7. The number of fused-ring (bicyclic) bond motifs is 1. The Labute approximate surface area is 196 Å². The predicted molar refractivity (Wildman–Crippen MR) is 128 cm³/mol. The number of amides is 2. The topological polar surface area (TPSA) is 98.2 Å². The largest absolute Gasteiger partial charge is 0.493 e. The van der Waals surface area contributed by atoms with E-state index < -0.39 is 11.8 Å². The second-order valence-electron chi connectivity index (χ2n) is 7.16. The summed E-state index contributed by atoms with van der Waals surface area (Å²) >= 11 is 0. The van der Waals surface area contributed by atoms with E-state index in [1.807, 2.05) is 37.3 Å². The Hall–Kier alpha value is -4.59. The maximum Gasteiger partial charge on any atom is 0.287 e. The summed E-state index contributed by atoms with van der Waals surface area (Å²) in [6.07, 6.45) is 3.03. The minimum absolute atomic E-state index is 0.0166. The van der Waals surface area contributed by atoms with Gasteiger partial charge in [0.15, 0.2) is 11.5 Å². The summed E-state index contributed by atoms with van der Waals surface area (Å²) < 4.78 is 16.3. The second kappa shape index (κ2) is 10.8. The molecule has 1 heterocycles. The molecule has 1 aliphatic rings. The molecule has 0 saturated carbocycles. The minimum atomic E-state index is -0.591. The van der Waals surface area contributed by atoms with Gasteiger partial charge in [0, 0.05) is 11.1 Å². The highest BCUT2D eigenvalue weighted by Crippen LogP contribution is 2.33. The fourth-order valence-corrected chi connectivity index (χ4v) is 3.21. The standard InChI is InChI=1S/C26H23N3O5/c1-2-32-22-11-7-6-10-20(22)16-27-29-26(31)21(28-25(30)19-8-4-3-5-9-19)14-18-12-13-23-24(15-18)34-17-33-23/h3-16H,2,17H2,1H3,(H,28,30)(H,29,31). The second-order valence-corrected chi connectivity index (χ2v) is 7.16. The monoisotopic (exact) mass is 457 g/mol. The van der Waals surface area contributed by atoms with Gasteiger partial charge in [-0.1, -0.05) is 36.4 Å². The summed E-state index contributed by atoms with van der Waals surface area (Å²) in [7, 11) is 0. The maximum atomic E-state index is 13.0. The molecule has 2 N–H and O–H groups in total. The van der Waals surface area contributed by atoms with Crippen LogP contribution in [-0.2, 0) is 4.79 Å². The van der Waals surface area contributed by atoms with Crippen molar-refractivity contribution in [2.75, 3.05) is 13.4 Å². The molecule has 0 atom stereocenters. The zero-order valence-corrected chi connectivity index (χ0v) is 18.5. The molecular weight excluding hydrogens is 434 g/mol. The molecule has 3 aromatic rings. The van der Waals surface area contributed by atoms with Gasteiger partial charge in [0.05, 0.1) is 12.8 Å². The molecule has 0 radical (unpaired) electrons. The van der Waals surface area contributed by atoms with E-state index in [1.165, 1.54) is 6.21 Å². The number of carbonyl (C=O) groups is 2. The average Bonchev–Trinajstić information content (AvgIpc) is 3.33. The van der Waals surface area contributed by atoms with Crippen LogP contribution >= 0.6 is 0 Å². The Morgan fingerprint density at radius 3 is 2.59 bits per heavy atom. The molecule has 8 nitrogen and oxygen atoms in total. The van der Waals surface area contributed by atoms with Crippen LogP contribution in [0.25, 0.3) is 6.08 Å². The summed E-state index contributed by atoms with van der Waals surface area (Å²) in [6, 6.07) is 21.2. The average molecular weight is 457 g/mol. The van der Waals surface area contributed by atoms with Crippen LogP contribution in [0, 0.1) is 0 Å². The molecule has 2 amide bonds. The van der Waals surface area contributed by atoms with Gasteiger partial charge in [-0.2, -0.15) is 5.10 Å². The molecule has 3 aromatic carbocycles. The Morgan fingerprint density at radius 2 is 1.76 bits per heavy atom. The van der Waals surface area contributed by atoms with Gasteiger partial charge >= 0.3 is 0 Å². The highest BCUT2D eigenvalue weighted by Gasteiger charge is 2.17.